The van der Waals surface area contributed by atoms with Gasteiger partial charge in [0.15, 0.2) is 0 Å². The highest BCUT2D eigenvalue weighted by molar-refractivity contribution is 6.32. The second-order valence-electron chi connectivity index (χ2n) is 3.49. The fourth-order valence-electron chi connectivity index (χ4n) is 1.16. The predicted molar refractivity (Wildman–Crippen MR) is 65.0 cm³/mol. The van der Waals surface area contributed by atoms with Crippen LogP contribution in [0.1, 0.15) is 6.92 Å². The van der Waals surface area contributed by atoms with Crippen molar-refractivity contribution >= 4 is 23.3 Å². The van der Waals surface area contributed by atoms with Gasteiger partial charge in [0.25, 0.3) is 5.69 Å². The standard InChI is InChI=1S/C11H10ClNO5/c1-7(4-11(14)15)6-18-10-3-2-8(13(16)17)5-9(10)12/h2-5H,6H2,1H3,(H,14,15)/b7-4+. The quantitative estimate of drug-likeness (QED) is 0.505. The van der Waals surface area contributed by atoms with Crippen molar-refractivity contribution in [3.63, 3.8) is 0 Å². The van der Waals surface area contributed by atoms with Crippen LogP contribution in [0.2, 0.25) is 5.02 Å². The Morgan fingerprint density at radius 1 is 1.61 bits per heavy atom. The predicted octanol–water partition coefficient (Wildman–Crippen LogP) is 2.66. The zero-order chi connectivity index (χ0) is 13.7. The minimum Gasteiger partial charge on any atom is -0.488 e. The Kier molecular flexibility index (Phi) is 4.67. The molecule has 1 aromatic rings. The fraction of sp³-hybridized carbons (Fsp3) is 0.182. The number of nitro benzene ring substituents is 1. The maximum Gasteiger partial charge on any atom is 0.328 e. The third-order valence-electron chi connectivity index (χ3n) is 1.95. The summed E-state index contributed by atoms with van der Waals surface area (Å²) in [4.78, 5) is 20.3. The summed E-state index contributed by atoms with van der Waals surface area (Å²) in [7, 11) is 0. The van der Waals surface area contributed by atoms with E-state index >= 15 is 0 Å². The van der Waals surface area contributed by atoms with Gasteiger partial charge in [-0.2, -0.15) is 0 Å². The summed E-state index contributed by atoms with van der Waals surface area (Å²) in [5.74, 6) is -0.800. The molecule has 1 rings (SSSR count). The second-order valence-corrected chi connectivity index (χ2v) is 3.90. The van der Waals surface area contributed by atoms with Crippen molar-refractivity contribution in [1.82, 2.24) is 0 Å². The number of non-ortho nitro benzene ring substituents is 1. The first-order valence-electron chi connectivity index (χ1n) is 4.87. The maximum absolute atomic E-state index is 10.5. The molecule has 0 atom stereocenters. The summed E-state index contributed by atoms with van der Waals surface area (Å²) >= 11 is 5.80. The number of benzene rings is 1. The van der Waals surface area contributed by atoms with Gasteiger partial charge >= 0.3 is 5.97 Å². The van der Waals surface area contributed by atoms with Crippen LogP contribution >= 0.6 is 11.6 Å². The van der Waals surface area contributed by atoms with Gasteiger partial charge in [-0.25, -0.2) is 4.79 Å². The van der Waals surface area contributed by atoms with Crippen LogP contribution in [-0.2, 0) is 4.79 Å². The average molecular weight is 272 g/mol. The topological polar surface area (TPSA) is 89.7 Å². The molecule has 0 aliphatic heterocycles. The van der Waals surface area contributed by atoms with E-state index in [0.29, 0.717) is 5.57 Å². The number of carboxylic acid groups (broad SMARTS) is 1. The molecule has 18 heavy (non-hydrogen) atoms. The van der Waals surface area contributed by atoms with Crippen LogP contribution < -0.4 is 4.74 Å². The number of hydrogen-bond acceptors (Lipinski definition) is 4. The van der Waals surface area contributed by atoms with Gasteiger partial charge in [0.2, 0.25) is 0 Å². The number of carbonyl (C=O) groups is 1. The molecule has 7 heteroatoms. The Balaban J connectivity index is 2.75. The monoisotopic (exact) mass is 271 g/mol. The molecule has 0 fully saturated rings. The van der Waals surface area contributed by atoms with Gasteiger partial charge in [0.1, 0.15) is 12.4 Å². The third kappa shape index (κ3) is 4.06. The van der Waals surface area contributed by atoms with Crippen LogP contribution in [0, 0.1) is 10.1 Å². The van der Waals surface area contributed by atoms with E-state index in [0.717, 1.165) is 6.08 Å². The molecule has 6 nitrogen and oxygen atoms in total. The first-order chi connectivity index (χ1) is 8.40. The molecule has 1 N–H and O–H groups in total. The molecule has 0 amide bonds. The largest absolute Gasteiger partial charge is 0.488 e. The lowest BCUT2D eigenvalue weighted by molar-refractivity contribution is -0.384. The molecule has 96 valence electrons. The summed E-state index contributed by atoms with van der Waals surface area (Å²) in [6, 6.07) is 3.80. The molecule has 0 saturated carbocycles. The molecule has 0 radical (unpaired) electrons. The van der Waals surface area contributed by atoms with E-state index in [1.54, 1.807) is 6.92 Å². The first kappa shape index (κ1) is 14.0. The number of carboxylic acids is 1. The Labute approximate surface area is 108 Å². The molecular weight excluding hydrogens is 262 g/mol. The van der Waals surface area contributed by atoms with Crippen molar-refractivity contribution in [2.45, 2.75) is 6.92 Å². The lowest BCUT2D eigenvalue weighted by Gasteiger charge is -2.07. The molecular formula is C11H10ClNO5. The van der Waals surface area contributed by atoms with Crippen LogP contribution in [0.15, 0.2) is 29.8 Å². The number of rotatable bonds is 5. The zero-order valence-electron chi connectivity index (χ0n) is 9.42. The number of nitro groups is 1. The van der Waals surface area contributed by atoms with Crippen LogP contribution in [0.5, 0.6) is 5.75 Å². The van der Waals surface area contributed by atoms with Crippen LogP contribution in [0.3, 0.4) is 0 Å². The molecule has 0 unspecified atom stereocenters. The minimum absolute atomic E-state index is 0.0455. The molecule has 0 aliphatic rings. The number of nitrogens with zero attached hydrogens (tertiary/aromatic N) is 1. The highest BCUT2D eigenvalue weighted by atomic mass is 35.5. The zero-order valence-corrected chi connectivity index (χ0v) is 10.2. The van der Waals surface area contributed by atoms with E-state index in [1.165, 1.54) is 18.2 Å². The van der Waals surface area contributed by atoms with Gasteiger partial charge in [-0.3, -0.25) is 10.1 Å². The molecule has 0 saturated heterocycles. The summed E-state index contributed by atoms with van der Waals surface area (Å²) in [5, 5.41) is 19.1. The van der Waals surface area contributed by atoms with E-state index in [4.69, 9.17) is 21.4 Å². The van der Waals surface area contributed by atoms with Crippen LogP contribution in [0.25, 0.3) is 0 Å². The SMILES string of the molecule is C/C(=C\C(=O)O)COc1ccc([N+](=O)[O-])cc1Cl. The van der Waals surface area contributed by atoms with Crippen molar-refractivity contribution in [1.29, 1.82) is 0 Å². The first-order valence-corrected chi connectivity index (χ1v) is 5.25. The van der Waals surface area contributed by atoms with E-state index in [-0.39, 0.29) is 23.1 Å². The van der Waals surface area contributed by atoms with Gasteiger partial charge in [-0.15, -0.1) is 0 Å². The average Bonchev–Trinajstić information content (AvgIpc) is 2.26. The summed E-state index contributed by atoms with van der Waals surface area (Å²) in [5.41, 5.74) is 0.363. The highest BCUT2D eigenvalue weighted by Gasteiger charge is 2.10. The van der Waals surface area contributed by atoms with Gasteiger partial charge in [0.05, 0.1) is 9.95 Å². The van der Waals surface area contributed by atoms with E-state index in [1.807, 2.05) is 0 Å². The molecule has 0 spiro atoms. The van der Waals surface area contributed by atoms with E-state index in [9.17, 15) is 14.9 Å². The second kappa shape index (κ2) is 6.02. The molecule has 0 heterocycles. The Bertz CT molecular complexity index is 512. The van der Waals surface area contributed by atoms with Gasteiger partial charge in [0, 0.05) is 18.2 Å². The van der Waals surface area contributed by atoms with Crippen molar-refractivity contribution in [2.75, 3.05) is 6.61 Å². The van der Waals surface area contributed by atoms with E-state index in [2.05, 4.69) is 0 Å². The summed E-state index contributed by atoms with van der Waals surface area (Å²) in [6.45, 7) is 1.64. The van der Waals surface area contributed by atoms with Gasteiger partial charge in [-0.05, 0) is 18.6 Å². The van der Waals surface area contributed by atoms with Crippen LogP contribution in [-0.4, -0.2) is 22.6 Å². The van der Waals surface area contributed by atoms with Gasteiger partial charge < -0.3 is 9.84 Å². The minimum atomic E-state index is -1.06. The maximum atomic E-state index is 10.5. The Morgan fingerprint density at radius 2 is 2.28 bits per heavy atom. The van der Waals surface area contributed by atoms with Crippen molar-refractivity contribution < 1.29 is 19.6 Å². The van der Waals surface area contributed by atoms with Crippen molar-refractivity contribution in [3.8, 4) is 5.75 Å². The molecule has 0 aliphatic carbocycles. The van der Waals surface area contributed by atoms with E-state index < -0.39 is 10.9 Å². The summed E-state index contributed by atoms with van der Waals surface area (Å²) in [6.07, 6.45) is 1.01. The summed E-state index contributed by atoms with van der Waals surface area (Å²) < 4.78 is 5.25. The number of aliphatic carboxylic acids is 1. The number of hydrogen-bond donors (Lipinski definition) is 1. The van der Waals surface area contributed by atoms with Gasteiger partial charge in [-0.1, -0.05) is 11.6 Å². The van der Waals surface area contributed by atoms with Crippen molar-refractivity contribution in [3.05, 3.63) is 45.0 Å². The number of ether oxygens (including phenoxy) is 1. The molecule has 0 aromatic heterocycles. The lowest BCUT2D eigenvalue weighted by atomic mass is 10.3. The number of halogens is 1. The highest BCUT2D eigenvalue weighted by Crippen LogP contribution is 2.28. The smallest absolute Gasteiger partial charge is 0.328 e. The normalized spacial score (nSPS) is 11.1. The molecule has 0 bridgehead atoms. The third-order valence-corrected chi connectivity index (χ3v) is 2.25. The van der Waals surface area contributed by atoms with Crippen molar-refractivity contribution in [2.24, 2.45) is 0 Å². The molecule has 1 aromatic carbocycles. The Hall–Kier alpha value is -2.08. The van der Waals surface area contributed by atoms with Crippen LogP contribution in [0.4, 0.5) is 5.69 Å². The Morgan fingerprint density at radius 3 is 2.78 bits per heavy atom. The fourth-order valence-corrected chi connectivity index (χ4v) is 1.39. The lowest BCUT2D eigenvalue weighted by Crippen LogP contribution is -2.02.